The molecule has 0 amide bonds. The molecule has 0 atom stereocenters. The number of ketones is 1. The number of aromatic nitrogens is 1. The van der Waals surface area contributed by atoms with E-state index in [-0.39, 0.29) is 5.78 Å². The fourth-order valence-corrected chi connectivity index (χ4v) is 1.04. The fraction of sp³-hybridized carbons (Fsp3) is 0.111. The summed E-state index contributed by atoms with van der Waals surface area (Å²) in [7, 11) is 0. The van der Waals surface area contributed by atoms with E-state index in [2.05, 4.69) is 15.0 Å². The van der Waals surface area contributed by atoms with Gasteiger partial charge in [0.25, 0.3) is 0 Å². The van der Waals surface area contributed by atoms with Crippen LogP contribution in [-0.4, -0.2) is 29.4 Å². The number of rotatable bonds is 2. The van der Waals surface area contributed by atoms with E-state index in [1.165, 1.54) is 6.21 Å². The third-order valence-electron chi connectivity index (χ3n) is 1.67. The average Bonchev–Trinajstić information content (AvgIpc) is 2.71. The molecule has 0 radical (unpaired) electrons. The maximum absolute atomic E-state index is 11.6. The van der Waals surface area contributed by atoms with E-state index in [0.29, 0.717) is 18.1 Å². The van der Waals surface area contributed by atoms with Gasteiger partial charge in [0, 0.05) is 6.20 Å². The summed E-state index contributed by atoms with van der Waals surface area (Å²) in [5.41, 5.74) is 0.799. The highest BCUT2D eigenvalue weighted by molar-refractivity contribution is 6.65. The van der Waals surface area contributed by atoms with Gasteiger partial charge in [-0.2, -0.15) is 0 Å². The molecule has 13 heavy (non-hydrogen) atoms. The smallest absolute Gasteiger partial charge is 0.230 e. The van der Waals surface area contributed by atoms with Crippen LogP contribution in [0, 0.1) is 0 Å². The lowest BCUT2D eigenvalue weighted by Gasteiger charge is -1.94. The second-order valence-electron chi connectivity index (χ2n) is 2.54. The molecule has 0 fully saturated rings. The van der Waals surface area contributed by atoms with Crippen molar-refractivity contribution < 1.29 is 4.79 Å². The van der Waals surface area contributed by atoms with E-state index in [4.69, 9.17) is 0 Å². The first-order valence-corrected chi connectivity index (χ1v) is 3.88. The largest absolute Gasteiger partial charge is 0.285 e. The highest BCUT2D eigenvalue weighted by Crippen LogP contribution is 1.99. The molecule has 4 heteroatoms. The van der Waals surface area contributed by atoms with Crippen LogP contribution in [0.15, 0.2) is 34.4 Å². The van der Waals surface area contributed by atoms with Crippen LogP contribution in [0.4, 0.5) is 0 Å². The predicted octanol–water partition coefficient (Wildman–Crippen LogP) is 0.747. The number of aliphatic imine (C=N–C) groups is 2. The fourth-order valence-electron chi connectivity index (χ4n) is 1.04. The first-order valence-electron chi connectivity index (χ1n) is 3.88. The molecule has 4 nitrogen and oxygen atoms in total. The molecular formula is C9H7N3O. The molecule has 0 saturated heterocycles. The average molecular weight is 173 g/mol. The van der Waals surface area contributed by atoms with Gasteiger partial charge in [0.1, 0.15) is 18.1 Å². The van der Waals surface area contributed by atoms with Crippen LogP contribution in [0.5, 0.6) is 0 Å². The molecule has 2 heterocycles. The van der Waals surface area contributed by atoms with Crippen LogP contribution in [0.25, 0.3) is 0 Å². The van der Waals surface area contributed by atoms with Gasteiger partial charge in [-0.15, -0.1) is 0 Å². The van der Waals surface area contributed by atoms with E-state index in [0.717, 1.165) is 0 Å². The van der Waals surface area contributed by atoms with E-state index in [9.17, 15) is 4.79 Å². The number of nitrogens with zero attached hydrogens (tertiary/aromatic N) is 3. The van der Waals surface area contributed by atoms with Gasteiger partial charge in [-0.1, -0.05) is 6.07 Å². The molecule has 0 aliphatic carbocycles. The number of Topliss-reactive ketones (excluding diaryl/α,β-unsaturated/α-hetero) is 1. The third-order valence-corrected chi connectivity index (χ3v) is 1.67. The number of hydrogen-bond acceptors (Lipinski definition) is 4. The Morgan fingerprint density at radius 3 is 2.92 bits per heavy atom. The van der Waals surface area contributed by atoms with E-state index in [1.54, 1.807) is 24.4 Å². The predicted molar refractivity (Wildman–Crippen MR) is 49.4 cm³/mol. The van der Waals surface area contributed by atoms with Crippen molar-refractivity contribution in [3.8, 4) is 0 Å². The molecule has 1 aromatic heterocycles. The van der Waals surface area contributed by atoms with Gasteiger partial charge in [-0.25, -0.2) is 0 Å². The zero-order chi connectivity index (χ0) is 9.10. The maximum Gasteiger partial charge on any atom is 0.230 e. The van der Waals surface area contributed by atoms with E-state index in [1.807, 2.05) is 0 Å². The normalized spacial score (nSPS) is 14.3. The summed E-state index contributed by atoms with van der Waals surface area (Å²) in [5.74, 6) is -0.165. The molecule has 0 unspecified atom stereocenters. The van der Waals surface area contributed by atoms with Gasteiger partial charge in [0.15, 0.2) is 0 Å². The Morgan fingerprint density at radius 2 is 2.31 bits per heavy atom. The van der Waals surface area contributed by atoms with Crippen molar-refractivity contribution in [3.05, 3.63) is 30.1 Å². The van der Waals surface area contributed by atoms with Crippen LogP contribution >= 0.6 is 0 Å². The van der Waals surface area contributed by atoms with Crippen LogP contribution in [0.2, 0.25) is 0 Å². The van der Waals surface area contributed by atoms with Crippen molar-refractivity contribution in [2.45, 2.75) is 0 Å². The third kappa shape index (κ3) is 1.51. The van der Waals surface area contributed by atoms with Crippen molar-refractivity contribution >= 4 is 17.7 Å². The summed E-state index contributed by atoms with van der Waals surface area (Å²) in [6, 6.07) is 5.20. The highest BCUT2D eigenvalue weighted by atomic mass is 16.1. The second-order valence-corrected chi connectivity index (χ2v) is 2.54. The van der Waals surface area contributed by atoms with Gasteiger partial charge in [-0.3, -0.25) is 19.8 Å². The minimum atomic E-state index is -0.165. The molecule has 1 aliphatic rings. The Balaban J connectivity index is 2.28. The van der Waals surface area contributed by atoms with E-state index < -0.39 is 0 Å². The summed E-state index contributed by atoms with van der Waals surface area (Å²) in [6.07, 6.45) is 3.07. The first-order chi connectivity index (χ1) is 6.38. The SMILES string of the molecule is O=C(C1=NCN=C1)c1ccccn1. The monoisotopic (exact) mass is 173 g/mol. The molecule has 1 aliphatic heterocycles. The van der Waals surface area contributed by atoms with Crippen LogP contribution in [0.1, 0.15) is 10.5 Å². The second kappa shape index (κ2) is 3.26. The van der Waals surface area contributed by atoms with Crippen molar-refractivity contribution in [1.82, 2.24) is 4.98 Å². The number of hydrogen-bond donors (Lipinski definition) is 0. The first kappa shape index (κ1) is 7.79. The maximum atomic E-state index is 11.6. The standard InChI is InChI=1S/C9H7N3O/c13-9(8-5-10-6-12-8)7-3-1-2-4-11-7/h1-5H,6H2. The van der Waals surface area contributed by atoms with Crippen molar-refractivity contribution in [3.63, 3.8) is 0 Å². The quantitative estimate of drug-likeness (QED) is 0.619. The topological polar surface area (TPSA) is 54.7 Å². The van der Waals surface area contributed by atoms with Crippen molar-refractivity contribution in [2.24, 2.45) is 9.98 Å². The summed E-state index contributed by atoms with van der Waals surface area (Å²) in [5, 5.41) is 0. The molecule has 0 bridgehead atoms. The molecule has 0 saturated carbocycles. The molecule has 1 aromatic rings. The summed E-state index contributed by atoms with van der Waals surface area (Å²) in [6.45, 7) is 0.355. The molecule has 2 rings (SSSR count). The Bertz CT molecular complexity index is 381. The van der Waals surface area contributed by atoms with Gasteiger partial charge >= 0.3 is 0 Å². The Kier molecular flexibility index (Phi) is 1.96. The number of carbonyl (C=O) groups is 1. The minimum Gasteiger partial charge on any atom is -0.285 e. The lowest BCUT2D eigenvalue weighted by atomic mass is 10.2. The summed E-state index contributed by atoms with van der Waals surface area (Å²) < 4.78 is 0. The van der Waals surface area contributed by atoms with Gasteiger partial charge < -0.3 is 0 Å². The van der Waals surface area contributed by atoms with E-state index >= 15 is 0 Å². The molecule has 0 aromatic carbocycles. The minimum absolute atomic E-state index is 0.165. The summed E-state index contributed by atoms with van der Waals surface area (Å²) >= 11 is 0. The van der Waals surface area contributed by atoms with Gasteiger partial charge in [0.2, 0.25) is 5.78 Å². The van der Waals surface area contributed by atoms with Gasteiger partial charge in [-0.05, 0) is 12.1 Å². The molecule has 64 valence electrons. The van der Waals surface area contributed by atoms with Crippen LogP contribution < -0.4 is 0 Å². The Labute approximate surface area is 75.1 Å². The zero-order valence-corrected chi connectivity index (χ0v) is 6.84. The van der Waals surface area contributed by atoms with Crippen LogP contribution in [0.3, 0.4) is 0 Å². The molecule has 0 spiro atoms. The number of pyridine rings is 1. The summed E-state index contributed by atoms with van der Waals surface area (Å²) in [4.78, 5) is 23.2. The van der Waals surface area contributed by atoms with Crippen molar-refractivity contribution in [2.75, 3.05) is 6.67 Å². The zero-order valence-electron chi connectivity index (χ0n) is 6.84. The van der Waals surface area contributed by atoms with Gasteiger partial charge in [0.05, 0.1) is 6.21 Å². The Morgan fingerprint density at radius 1 is 1.38 bits per heavy atom. The lowest BCUT2D eigenvalue weighted by molar-refractivity contribution is 0.106. The van der Waals surface area contributed by atoms with Crippen LogP contribution in [-0.2, 0) is 0 Å². The lowest BCUT2D eigenvalue weighted by Crippen LogP contribution is -2.14. The molecule has 0 N–H and O–H groups in total. The number of carbonyl (C=O) groups excluding carboxylic acids is 1. The highest BCUT2D eigenvalue weighted by Gasteiger charge is 2.14. The Hall–Kier alpha value is -1.84. The molecular weight excluding hydrogens is 166 g/mol. The van der Waals surface area contributed by atoms with Crippen molar-refractivity contribution in [1.29, 1.82) is 0 Å².